The molecular formula is C27H26ClF4N7O. The molecule has 9 rings (SSSR count). The molecule has 2 bridgehead atoms. The van der Waals surface area contributed by atoms with Crippen molar-refractivity contribution in [3.05, 3.63) is 52.7 Å². The van der Waals surface area contributed by atoms with Gasteiger partial charge in [-0.3, -0.25) is 9.47 Å². The van der Waals surface area contributed by atoms with E-state index in [0.717, 1.165) is 49.2 Å². The lowest BCUT2D eigenvalue weighted by Gasteiger charge is -2.73. The molecule has 3 aliphatic heterocycles. The van der Waals surface area contributed by atoms with Crippen LogP contribution in [0.25, 0.3) is 5.69 Å². The van der Waals surface area contributed by atoms with Crippen molar-refractivity contribution in [3.63, 3.8) is 0 Å². The van der Waals surface area contributed by atoms with E-state index in [1.807, 2.05) is 22.8 Å². The van der Waals surface area contributed by atoms with Crippen molar-refractivity contribution in [2.75, 3.05) is 43.1 Å². The Morgan fingerprint density at radius 3 is 2.40 bits per heavy atom. The number of benzene rings is 1. The minimum absolute atomic E-state index is 0.0603. The Labute approximate surface area is 232 Å². The molecule has 1 spiro atoms. The third-order valence-corrected chi connectivity index (χ3v) is 9.91. The van der Waals surface area contributed by atoms with E-state index in [0.29, 0.717) is 29.7 Å². The molecule has 5 fully saturated rings. The van der Waals surface area contributed by atoms with E-state index in [9.17, 15) is 17.6 Å². The number of pyridine rings is 1. The zero-order valence-corrected chi connectivity index (χ0v) is 22.4. The van der Waals surface area contributed by atoms with Crippen LogP contribution in [0, 0.1) is 16.6 Å². The first kappa shape index (κ1) is 24.7. The number of halogens is 5. The second-order valence-electron chi connectivity index (χ2n) is 12.3. The van der Waals surface area contributed by atoms with E-state index in [-0.39, 0.29) is 24.7 Å². The summed E-state index contributed by atoms with van der Waals surface area (Å²) in [5.41, 5.74) is -0.0498. The molecule has 0 atom stereocenters. The smallest absolute Gasteiger partial charge is 0.394 e. The van der Waals surface area contributed by atoms with Gasteiger partial charge in [0.15, 0.2) is 17.4 Å². The minimum Gasteiger partial charge on any atom is -0.493 e. The van der Waals surface area contributed by atoms with Gasteiger partial charge in [-0.1, -0.05) is 11.6 Å². The lowest BCUT2D eigenvalue weighted by molar-refractivity contribution is -0.364. The highest BCUT2D eigenvalue weighted by Gasteiger charge is 2.80. The fourth-order valence-electron chi connectivity index (χ4n) is 7.72. The van der Waals surface area contributed by atoms with Crippen molar-refractivity contribution in [3.8, 4) is 11.4 Å². The maximum Gasteiger partial charge on any atom is 0.394 e. The fraction of sp³-hybridized carbons (Fsp3) is 0.519. The Morgan fingerprint density at radius 1 is 0.975 bits per heavy atom. The molecule has 5 heterocycles. The van der Waals surface area contributed by atoms with Gasteiger partial charge in [-0.25, -0.2) is 9.37 Å². The van der Waals surface area contributed by atoms with Crippen molar-refractivity contribution < 1.29 is 22.3 Å². The molecule has 3 saturated carbocycles. The van der Waals surface area contributed by atoms with Gasteiger partial charge in [0.25, 0.3) is 0 Å². The molecule has 0 radical (unpaired) electrons. The normalized spacial score (nSPS) is 28.1. The lowest BCUT2D eigenvalue weighted by Crippen LogP contribution is -2.78. The van der Waals surface area contributed by atoms with Gasteiger partial charge in [0.1, 0.15) is 5.82 Å². The zero-order chi connectivity index (χ0) is 27.7. The second-order valence-corrected chi connectivity index (χ2v) is 12.7. The standard InChI is InChI=1S/C27H26ClF4N7O/c1-40-20-5-18(29)6-33-22(20)36-12-24(13-36)14-37(15-24)23-35-34-21-8-38(26-9-25(10-26,11-26)27(30,31)32)7-16-4-17(28)2-3-19(16)39(21)23/h2-6H,7-15H2,1H3. The summed E-state index contributed by atoms with van der Waals surface area (Å²) in [6.45, 7) is 4.02. The predicted octanol–water partition coefficient (Wildman–Crippen LogP) is 4.59. The van der Waals surface area contributed by atoms with Crippen LogP contribution in [-0.2, 0) is 13.1 Å². The van der Waals surface area contributed by atoms with Gasteiger partial charge in [-0.2, -0.15) is 13.2 Å². The zero-order valence-electron chi connectivity index (χ0n) is 21.7. The van der Waals surface area contributed by atoms with E-state index < -0.39 is 22.9 Å². The van der Waals surface area contributed by atoms with Crippen LogP contribution in [0.2, 0.25) is 5.02 Å². The van der Waals surface area contributed by atoms with Crippen molar-refractivity contribution >= 4 is 23.4 Å². The van der Waals surface area contributed by atoms with Gasteiger partial charge in [0, 0.05) is 54.8 Å². The number of alkyl halides is 3. The first-order chi connectivity index (χ1) is 19.0. The summed E-state index contributed by atoms with van der Waals surface area (Å²) in [6, 6.07) is 7.02. The van der Waals surface area contributed by atoms with Crippen LogP contribution in [0.5, 0.6) is 5.75 Å². The molecule has 3 aromatic rings. The number of fused-ring (bicyclic) bond motifs is 3. The highest BCUT2D eigenvalue weighted by atomic mass is 35.5. The molecule has 40 heavy (non-hydrogen) atoms. The molecule has 3 aliphatic carbocycles. The van der Waals surface area contributed by atoms with E-state index in [4.69, 9.17) is 16.3 Å². The van der Waals surface area contributed by atoms with Crippen LogP contribution in [0.4, 0.5) is 29.3 Å². The highest BCUT2D eigenvalue weighted by Crippen LogP contribution is 2.75. The number of ether oxygens (including phenoxy) is 1. The van der Waals surface area contributed by atoms with Crippen LogP contribution in [0.1, 0.15) is 30.7 Å². The summed E-state index contributed by atoms with van der Waals surface area (Å²) in [5.74, 6) is 2.06. The third-order valence-electron chi connectivity index (χ3n) is 9.67. The van der Waals surface area contributed by atoms with Crippen LogP contribution in [-0.4, -0.2) is 69.7 Å². The molecule has 2 saturated heterocycles. The SMILES string of the molecule is COc1cc(F)cnc1N1CC2(C1)CN(c1nnc3n1-c1ccc(Cl)cc1CN(C14CC(C(F)(F)F)(C1)C4)C3)C2. The van der Waals surface area contributed by atoms with Gasteiger partial charge in [0.2, 0.25) is 5.95 Å². The molecule has 210 valence electrons. The Balaban J connectivity index is 1.04. The Hall–Kier alpha value is -3.12. The summed E-state index contributed by atoms with van der Waals surface area (Å²) < 4.78 is 61.7. The monoisotopic (exact) mass is 575 g/mol. The molecule has 2 aromatic heterocycles. The maximum atomic E-state index is 13.6. The Morgan fingerprint density at radius 2 is 1.70 bits per heavy atom. The van der Waals surface area contributed by atoms with Crippen molar-refractivity contribution in [2.45, 2.75) is 44.1 Å². The number of anilines is 2. The van der Waals surface area contributed by atoms with Crippen molar-refractivity contribution in [1.29, 1.82) is 0 Å². The van der Waals surface area contributed by atoms with Gasteiger partial charge in [-0.15, -0.1) is 10.2 Å². The van der Waals surface area contributed by atoms with E-state index in [1.165, 1.54) is 19.4 Å². The number of nitrogens with zero attached hydrogens (tertiary/aromatic N) is 7. The number of aromatic nitrogens is 4. The van der Waals surface area contributed by atoms with Gasteiger partial charge in [0.05, 0.1) is 31.0 Å². The summed E-state index contributed by atoms with van der Waals surface area (Å²) >= 11 is 6.37. The maximum absolute atomic E-state index is 13.6. The fourth-order valence-corrected chi connectivity index (χ4v) is 7.91. The quantitative estimate of drug-likeness (QED) is 0.422. The molecule has 8 nitrogen and oxygen atoms in total. The summed E-state index contributed by atoms with van der Waals surface area (Å²) in [6.07, 6.45) is -2.54. The van der Waals surface area contributed by atoms with E-state index >= 15 is 0 Å². The van der Waals surface area contributed by atoms with Crippen LogP contribution in [0.15, 0.2) is 30.5 Å². The number of rotatable bonds is 4. The summed E-state index contributed by atoms with van der Waals surface area (Å²) in [4.78, 5) is 10.7. The average Bonchev–Trinajstić information content (AvgIpc) is 3.10. The molecule has 0 unspecified atom stereocenters. The average molecular weight is 576 g/mol. The molecule has 0 N–H and O–H groups in total. The molecular weight excluding hydrogens is 550 g/mol. The van der Waals surface area contributed by atoms with Crippen molar-refractivity contribution in [1.82, 2.24) is 24.6 Å². The van der Waals surface area contributed by atoms with E-state index in [1.54, 1.807) is 0 Å². The molecule has 0 amide bonds. The largest absolute Gasteiger partial charge is 0.493 e. The number of hydrogen-bond acceptors (Lipinski definition) is 7. The lowest BCUT2D eigenvalue weighted by atomic mass is 9.38. The molecule has 6 aliphatic rings. The Bertz CT molecular complexity index is 1520. The predicted molar refractivity (Wildman–Crippen MR) is 138 cm³/mol. The number of methoxy groups -OCH3 is 1. The summed E-state index contributed by atoms with van der Waals surface area (Å²) in [7, 11) is 1.51. The van der Waals surface area contributed by atoms with Crippen LogP contribution >= 0.6 is 11.6 Å². The first-order valence-corrected chi connectivity index (χ1v) is 13.6. The van der Waals surface area contributed by atoms with Crippen LogP contribution in [0.3, 0.4) is 0 Å². The van der Waals surface area contributed by atoms with Gasteiger partial charge >= 0.3 is 6.18 Å². The minimum atomic E-state index is -4.16. The third kappa shape index (κ3) is 3.26. The van der Waals surface area contributed by atoms with Crippen LogP contribution < -0.4 is 14.5 Å². The molecule has 13 heteroatoms. The van der Waals surface area contributed by atoms with E-state index in [2.05, 4.69) is 29.9 Å². The first-order valence-electron chi connectivity index (χ1n) is 13.3. The van der Waals surface area contributed by atoms with Gasteiger partial charge < -0.3 is 14.5 Å². The highest BCUT2D eigenvalue weighted by molar-refractivity contribution is 6.30. The number of hydrogen-bond donors (Lipinski definition) is 0. The van der Waals surface area contributed by atoms with Gasteiger partial charge in [-0.05, 0) is 43.0 Å². The topological polar surface area (TPSA) is 62.6 Å². The molecule has 1 aromatic carbocycles. The van der Waals surface area contributed by atoms with Crippen molar-refractivity contribution in [2.24, 2.45) is 10.8 Å². The summed E-state index contributed by atoms with van der Waals surface area (Å²) in [5, 5.41) is 9.68. The second kappa shape index (κ2) is 7.79. The Kier molecular flexibility index (Phi) is 4.80.